The predicted molar refractivity (Wildman–Crippen MR) is 61.6 cm³/mol. The number of nitrogens with two attached hydrogens (primary N) is 1. The number of nitrogen functional groups attached to an aromatic ring is 1. The lowest BCUT2D eigenvalue weighted by atomic mass is 10.2. The van der Waals surface area contributed by atoms with Crippen LogP contribution in [-0.2, 0) is 4.74 Å². The van der Waals surface area contributed by atoms with Crippen LogP contribution in [0.3, 0.4) is 0 Å². The minimum atomic E-state index is -0.550. The molecule has 0 spiro atoms. The Bertz CT molecular complexity index is 550. The highest BCUT2D eigenvalue weighted by Crippen LogP contribution is 2.24. The van der Waals surface area contributed by atoms with E-state index >= 15 is 0 Å². The molecule has 0 bridgehead atoms. The van der Waals surface area contributed by atoms with Crippen molar-refractivity contribution >= 4 is 34.4 Å². The van der Waals surface area contributed by atoms with Crippen LogP contribution in [0.25, 0.3) is 10.9 Å². The van der Waals surface area contributed by atoms with Crippen LogP contribution in [0.2, 0.25) is 5.02 Å². The lowest BCUT2D eigenvalue weighted by molar-refractivity contribution is 0.151. The van der Waals surface area contributed by atoms with E-state index in [0.29, 0.717) is 15.9 Å². The molecule has 0 atom stereocenters. The first-order valence-corrected chi connectivity index (χ1v) is 5.12. The molecule has 1 heterocycles. The highest BCUT2D eigenvalue weighted by Gasteiger charge is 2.14. The Kier molecular flexibility index (Phi) is 2.70. The third-order valence-corrected chi connectivity index (χ3v) is 2.35. The van der Waals surface area contributed by atoms with Crippen LogP contribution in [0.15, 0.2) is 18.2 Å². The van der Waals surface area contributed by atoms with Gasteiger partial charge in [-0.3, -0.25) is 0 Å². The Morgan fingerprint density at radius 3 is 3.06 bits per heavy atom. The number of fused-ring (bicyclic) bond motifs is 1. The molecular formula is C10H10ClN3O2. The number of halogens is 1. The smallest absolute Gasteiger partial charge is 0.435 e. The zero-order chi connectivity index (χ0) is 11.7. The molecule has 0 aliphatic heterocycles. The summed E-state index contributed by atoms with van der Waals surface area (Å²) in [5, 5.41) is 5.09. The lowest BCUT2D eigenvalue weighted by Crippen LogP contribution is -2.14. The number of carbonyl (C=O) groups is 1. The molecule has 0 aliphatic rings. The van der Waals surface area contributed by atoms with Gasteiger partial charge in [-0.05, 0) is 25.1 Å². The fourth-order valence-electron chi connectivity index (χ4n) is 1.44. The van der Waals surface area contributed by atoms with Crippen molar-refractivity contribution in [3.05, 3.63) is 23.2 Å². The van der Waals surface area contributed by atoms with Crippen molar-refractivity contribution < 1.29 is 9.53 Å². The summed E-state index contributed by atoms with van der Waals surface area (Å²) in [7, 11) is 0. The van der Waals surface area contributed by atoms with Crippen molar-refractivity contribution in [1.82, 2.24) is 9.78 Å². The van der Waals surface area contributed by atoms with E-state index in [1.165, 1.54) is 0 Å². The number of rotatable bonds is 1. The zero-order valence-electron chi connectivity index (χ0n) is 8.61. The molecule has 0 saturated heterocycles. The summed E-state index contributed by atoms with van der Waals surface area (Å²) in [6.07, 6.45) is -0.550. The Labute approximate surface area is 96.7 Å². The number of benzene rings is 1. The van der Waals surface area contributed by atoms with Gasteiger partial charge in [-0.2, -0.15) is 4.68 Å². The van der Waals surface area contributed by atoms with E-state index < -0.39 is 6.09 Å². The van der Waals surface area contributed by atoms with E-state index in [1.54, 1.807) is 25.1 Å². The Balaban J connectivity index is 2.59. The average molecular weight is 240 g/mol. The van der Waals surface area contributed by atoms with E-state index in [-0.39, 0.29) is 12.4 Å². The molecule has 0 fully saturated rings. The number of hydrogen-bond acceptors (Lipinski definition) is 4. The molecule has 16 heavy (non-hydrogen) atoms. The number of hydrogen-bond donors (Lipinski definition) is 1. The van der Waals surface area contributed by atoms with E-state index in [1.807, 2.05) is 0 Å². The Morgan fingerprint density at radius 1 is 1.62 bits per heavy atom. The van der Waals surface area contributed by atoms with Crippen molar-refractivity contribution in [2.45, 2.75) is 6.92 Å². The van der Waals surface area contributed by atoms with Crippen molar-refractivity contribution in [2.24, 2.45) is 0 Å². The van der Waals surface area contributed by atoms with Crippen LogP contribution in [0, 0.1) is 0 Å². The molecule has 0 radical (unpaired) electrons. The lowest BCUT2D eigenvalue weighted by Gasteiger charge is -2.01. The normalized spacial score (nSPS) is 10.6. The second-order valence-electron chi connectivity index (χ2n) is 3.16. The summed E-state index contributed by atoms with van der Waals surface area (Å²) >= 11 is 5.83. The number of ether oxygens (including phenoxy) is 1. The first-order valence-electron chi connectivity index (χ1n) is 4.74. The average Bonchev–Trinajstić information content (AvgIpc) is 2.56. The molecule has 0 amide bonds. The maximum Gasteiger partial charge on any atom is 0.435 e. The number of anilines is 1. The maximum absolute atomic E-state index is 11.5. The molecule has 6 heteroatoms. The van der Waals surface area contributed by atoms with Gasteiger partial charge in [0.15, 0.2) is 5.82 Å². The van der Waals surface area contributed by atoms with Gasteiger partial charge >= 0.3 is 6.09 Å². The molecule has 1 aromatic carbocycles. The minimum absolute atomic E-state index is 0.255. The van der Waals surface area contributed by atoms with Gasteiger partial charge < -0.3 is 10.5 Å². The summed E-state index contributed by atoms with van der Waals surface area (Å²) in [5.74, 6) is 0.255. The van der Waals surface area contributed by atoms with Gasteiger partial charge in [0.1, 0.15) is 0 Å². The summed E-state index contributed by atoms with van der Waals surface area (Å²) in [6.45, 7) is 2.01. The van der Waals surface area contributed by atoms with E-state index in [2.05, 4.69) is 5.10 Å². The summed E-state index contributed by atoms with van der Waals surface area (Å²) in [4.78, 5) is 11.5. The molecule has 0 aliphatic carbocycles. The number of carbonyl (C=O) groups excluding carboxylic acids is 1. The van der Waals surface area contributed by atoms with Gasteiger partial charge in [-0.25, -0.2) is 4.79 Å². The van der Waals surface area contributed by atoms with Crippen molar-refractivity contribution in [2.75, 3.05) is 12.3 Å². The zero-order valence-corrected chi connectivity index (χ0v) is 9.36. The Hall–Kier alpha value is -1.75. The van der Waals surface area contributed by atoms with E-state index in [0.717, 1.165) is 4.68 Å². The van der Waals surface area contributed by atoms with Gasteiger partial charge in [-0.1, -0.05) is 11.6 Å². The minimum Gasteiger partial charge on any atom is -0.448 e. The third-order valence-electron chi connectivity index (χ3n) is 2.11. The molecule has 5 nitrogen and oxygen atoms in total. The second kappa shape index (κ2) is 4.02. The molecule has 1 aromatic heterocycles. The third kappa shape index (κ3) is 1.69. The largest absolute Gasteiger partial charge is 0.448 e. The van der Waals surface area contributed by atoms with Crippen LogP contribution in [-0.4, -0.2) is 22.5 Å². The van der Waals surface area contributed by atoms with Crippen LogP contribution in [0.4, 0.5) is 10.6 Å². The predicted octanol–water partition coefficient (Wildman–Crippen LogP) is 2.28. The van der Waals surface area contributed by atoms with Gasteiger partial charge in [0, 0.05) is 10.4 Å². The first kappa shape index (κ1) is 10.8. The molecule has 2 rings (SSSR count). The molecule has 2 N–H and O–H groups in total. The summed E-state index contributed by atoms with van der Waals surface area (Å²) < 4.78 is 5.98. The SMILES string of the molecule is CCOC(=O)n1nc(N)c2cc(Cl)ccc21. The molecule has 84 valence electrons. The molecule has 2 aromatic rings. The summed E-state index contributed by atoms with van der Waals surface area (Å²) in [6, 6.07) is 5.01. The Morgan fingerprint density at radius 2 is 2.38 bits per heavy atom. The van der Waals surface area contributed by atoms with Gasteiger partial charge in [0.2, 0.25) is 0 Å². The van der Waals surface area contributed by atoms with Crippen molar-refractivity contribution in [3.8, 4) is 0 Å². The van der Waals surface area contributed by atoms with E-state index in [9.17, 15) is 4.79 Å². The summed E-state index contributed by atoms with van der Waals surface area (Å²) in [5.41, 5.74) is 6.27. The monoisotopic (exact) mass is 239 g/mol. The highest BCUT2D eigenvalue weighted by molar-refractivity contribution is 6.31. The fourth-order valence-corrected chi connectivity index (χ4v) is 1.61. The van der Waals surface area contributed by atoms with Gasteiger partial charge in [-0.15, -0.1) is 5.10 Å². The first-order chi connectivity index (χ1) is 7.63. The highest BCUT2D eigenvalue weighted by atomic mass is 35.5. The maximum atomic E-state index is 11.5. The van der Waals surface area contributed by atoms with Crippen molar-refractivity contribution in [1.29, 1.82) is 0 Å². The van der Waals surface area contributed by atoms with Crippen LogP contribution >= 0.6 is 11.6 Å². The second-order valence-corrected chi connectivity index (χ2v) is 3.59. The topological polar surface area (TPSA) is 70.1 Å². The van der Waals surface area contributed by atoms with Crippen molar-refractivity contribution in [3.63, 3.8) is 0 Å². The van der Waals surface area contributed by atoms with Crippen LogP contribution in [0.5, 0.6) is 0 Å². The van der Waals surface area contributed by atoms with E-state index in [4.69, 9.17) is 22.1 Å². The standard InChI is InChI=1S/C10H10ClN3O2/c1-2-16-10(15)14-8-4-3-6(11)5-7(8)9(12)13-14/h3-5H,2H2,1H3,(H2,12,13). The fraction of sp³-hybridized carbons (Fsp3) is 0.200. The van der Waals surface area contributed by atoms with Crippen LogP contribution < -0.4 is 5.73 Å². The number of nitrogens with zero attached hydrogens (tertiary/aromatic N) is 2. The quantitative estimate of drug-likeness (QED) is 0.829. The number of aromatic nitrogens is 2. The van der Waals surface area contributed by atoms with Gasteiger partial charge in [0.05, 0.1) is 12.1 Å². The van der Waals surface area contributed by atoms with Crippen LogP contribution in [0.1, 0.15) is 6.92 Å². The van der Waals surface area contributed by atoms with Gasteiger partial charge in [0.25, 0.3) is 0 Å². The molecular weight excluding hydrogens is 230 g/mol. The molecule has 0 saturated carbocycles. The molecule has 0 unspecified atom stereocenters.